The summed E-state index contributed by atoms with van der Waals surface area (Å²) >= 11 is 0. The second kappa shape index (κ2) is 16.4. The number of aryl methyl sites for hydroxylation is 1. The largest absolute Gasteiger partial charge is 0 e. The zero-order valence-electron chi connectivity index (χ0n) is 16.1. The Morgan fingerprint density at radius 1 is 1.11 bits per heavy atom. The molecule has 1 N–H and O–H groups in total. The maximum absolute atomic E-state index is 9.48. The van der Waals surface area contributed by atoms with Gasteiger partial charge in [-0.25, -0.2) is 0 Å². The summed E-state index contributed by atoms with van der Waals surface area (Å²) in [7, 11) is 3.37. The van der Waals surface area contributed by atoms with Crippen molar-refractivity contribution in [2.75, 3.05) is 20.8 Å². The zero-order valence-corrected chi connectivity index (χ0v) is 17.4. The first-order valence-electron chi connectivity index (χ1n) is 7.73. The summed E-state index contributed by atoms with van der Waals surface area (Å²) in [5.74, 6) is 2.18. The van der Waals surface area contributed by atoms with Crippen LogP contribution in [-0.2, 0) is 31.3 Å². The van der Waals surface area contributed by atoms with E-state index in [1.807, 2.05) is 6.92 Å². The van der Waals surface area contributed by atoms with E-state index in [0.29, 0.717) is 5.92 Å². The van der Waals surface area contributed by atoms with Gasteiger partial charge in [0.05, 0.1) is 14.2 Å². The number of fused-ring (bicyclic) bond motifs is 1. The molecule has 0 saturated carbocycles. The Bertz CT molecular complexity index is 646. The standard InChI is InChI=1S/C17H24O3.3CO.Cr/c1-10-6-7-13(12(3)9-18)14-8-11(2)16(19-4)17(20-5)15(10)14;3*1-2;/h7-8,10,12,18H,6,9H2,1-5H3;;;;/t10-,12-;;;;/m0..../s1. The molecule has 7 heteroatoms. The van der Waals surface area contributed by atoms with Gasteiger partial charge < -0.3 is 14.6 Å². The molecule has 0 aliphatic heterocycles. The number of hydrogen-bond acceptors (Lipinski definition) is 3. The molecule has 0 saturated heterocycles. The first-order chi connectivity index (χ1) is 12.5. The molecule has 0 amide bonds. The Hall–Kier alpha value is -1.73. The fraction of sp³-hybridized carbons (Fsp3) is 0.450. The molecule has 0 heterocycles. The first-order valence-corrected chi connectivity index (χ1v) is 7.73. The quantitative estimate of drug-likeness (QED) is 0.606. The van der Waals surface area contributed by atoms with Gasteiger partial charge in [0, 0.05) is 35.4 Å². The summed E-state index contributed by atoms with van der Waals surface area (Å²) in [4.78, 5) is 0. The number of hydrogen-bond donors (Lipinski definition) is 1. The fourth-order valence-electron chi connectivity index (χ4n) is 3.06. The number of rotatable bonds is 4. The normalized spacial score (nSPS) is 14.4. The van der Waals surface area contributed by atoms with Crippen molar-refractivity contribution in [3.05, 3.63) is 48.8 Å². The van der Waals surface area contributed by atoms with Crippen molar-refractivity contribution in [2.24, 2.45) is 5.92 Å². The number of methoxy groups -OCH3 is 2. The molecule has 1 aromatic rings. The average molecular weight is 412 g/mol. The summed E-state index contributed by atoms with van der Waals surface area (Å²) in [6.45, 7) is 19.9. The van der Waals surface area contributed by atoms with Crippen LogP contribution in [0.25, 0.3) is 5.57 Å². The van der Waals surface area contributed by atoms with E-state index in [1.54, 1.807) is 14.2 Å². The molecule has 27 heavy (non-hydrogen) atoms. The fourth-order valence-corrected chi connectivity index (χ4v) is 3.06. The second-order valence-corrected chi connectivity index (χ2v) is 5.60. The van der Waals surface area contributed by atoms with E-state index in [2.05, 4.69) is 45.9 Å². The summed E-state index contributed by atoms with van der Waals surface area (Å²) in [5.41, 5.74) is 4.67. The van der Waals surface area contributed by atoms with Crippen LogP contribution >= 0.6 is 0 Å². The third kappa shape index (κ3) is 7.07. The van der Waals surface area contributed by atoms with Gasteiger partial charge in [0.15, 0.2) is 11.5 Å². The monoisotopic (exact) mass is 412 g/mol. The Labute approximate surface area is 171 Å². The van der Waals surface area contributed by atoms with Crippen molar-refractivity contribution in [2.45, 2.75) is 33.1 Å². The van der Waals surface area contributed by atoms with E-state index in [0.717, 1.165) is 23.5 Å². The third-order valence-electron chi connectivity index (χ3n) is 4.17. The zero-order chi connectivity index (χ0) is 20.9. The van der Waals surface area contributed by atoms with Crippen LogP contribution in [0.4, 0.5) is 0 Å². The van der Waals surface area contributed by atoms with E-state index in [1.165, 1.54) is 16.7 Å². The molecular formula is C20H24CrO6. The molecule has 0 fully saturated rings. The van der Waals surface area contributed by atoms with Crippen molar-refractivity contribution < 1.29 is 45.9 Å². The molecule has 146 valence electrons. The minimum Gasteiger partial charge on any atom is 0 e. The molecule has 0 unspecified atom stereocenters. The molecule has 0 radical (unpaired) electrons. The van der Waals surface area contributed by atoms with Gasteiger partial charge in [-0.15, -0.1) is 0 Å². The van der Waals surface area contributed by atoms with Crippen LogP contribution < -0.4 is 9.47 Å². The Morgan fingerprint density at radius 2 is 1.59 bits per heavy atom. The minimum absolute atomic E-state index is 0. The number of ether oxygens (including phenoxy) is 2. The van der Waals surface area contributed by atoms with Crippen LogP contribution in [0.1, 0.15) is 42.9 Å². The summed E-state index contributed by atoms with van der Waals surface area (Å²) in [5, 5.41) is 9.48. The van der Waals surface area contributed by atoms with Crippen molar-refractivity contribution in [3.8, 4) is 11.5 Å². The molecule has 2 rings (SSSR count). The van der Waals surface area contributed by atoms with Crippen molar-refractivity contribution >= 4 is 5.57 Å². The van der Waals surface area contributed by atoms with E-state index in [4.69, 9.17) is 23.4 Å². The van der Waals surface area contributed by atoms with Crippen LogP contribution in [0, 0.1) is 32.8 Å². The molecule has 0 bridgehead atoms. The van der Waals surface area contributed by atoms with Gasteiger partial charge in [-0.3, -0.25) is 0 Å². The molecule has 0 aromatic heterocycles. The summed E-state index contributed by atoms with van der Waals surface area (Å²) < 4.78 is 33.6. The molecule has 6 nitrogen and oxygen atoms in total. The molecule has 1 aliphatic rings. The van der Waals surface area contributed by atoms with Crippen LogP contribution in [0.15, 0.2) is 12.1 Å². The van der Waals surface area contributed by atoms with Crippen molar-refractivity contribution in [1.82, 2.24) is 0 Å². The van der Waals surface area contributed by atoms with E-state index in [9.17, 15) is 5.11 Å². The predicted octanol–water partition coefficient (Wildman–Crippen LogP) is 3.42. The van der Waals surface area contributed by atoms with Crippen LogP contribution in [-0.4, -0.2) is 25.9 Å². The van der Waals surface area contributed by atoms with Crippen molar-refractivity contribution in [1.29, 1.82) is 0 Å². The summed E-state index contributed by atoms with van der Waals surface area (Å²) in [6, 6.07) is 2.16. The van der Waals surface area contributed by atoms with Gasteiger partial charge in [-0.2, -0.15) is 0 Å². The van der Waals surface area contributed by atoms with Crippen LogP contribution in [0.5, 0.6) is 11.5 Å². The van der Waals surface area contributed by atoms with Gasteiger partial charge >= 0.3 is 33.9 Å². The molecule has 2 atom stereocenters. The number of aliphatic hydroxyl groups is 1. The molecule has 1 aliphatic carbocycles. The number of allylic oxidation sites excluding steroid dienone is 1. The number of benzene rings is 1. The average Bonchev–Trinajstić information content (AvgIpc) is 2.71. The van der Waals surface area contributed by atoms with Crippen molar-refractivity contribution in [3.63, 3.8) is 0 Å². The van der Waals surface area contributed by atoms with Gasteiger partial charge in [0.25, 0.3) is 0 Å². The van der Waals surface area contributed by atoms with Crippen LogP contribution in [0.3, 0.4) is 0 Å². The van der Waals surface area contributed by atoms with Gasteiger partial charge in [0.2, 0.25) is 0 Å². The molecule has 1 aromatic carbocycles. The van der Waals surface area contributed by atoms with E-state index in [-0.39, 0.29) is 29.9 Å². The Kier molecular flexibility index (Phi) is 18.3. The second-order valence-electron chi connectivity index (χ2n) is 5.60. The molecule has 0 spiro atoms. The van der Waals surface area contributed by atoms with Gasteiger partial charge in [0.1, 0.15) is 0 Å². The maximum atomic E-state index is 9.48. The Balaban J connectivity index is -0.000000749. The van der Waals surface area contributed by atoms with E-state index >= 15 is 0 Å². The van der Waals surface area contributed by atoms with Gasteiger partial charge in [-0.1, -0.05) is 19.9 Å². The smallest absolute Gasteiger partial charge is 0 e. The van der Waals surface area contributed by atoms with Crippen LogP contribution in [0.2, 0.25) is 0 Å². The molecular weight excluding hydrogens is 388 g/mol. The topological polar surface area (TPSA) is 98.4 Å². The maximum Gasteiger partial charge on any atom is 0 e. The predicted molar refractivity (Wildman–Crippen MR) is 93.3 cm³/mol. The first kappa shape index (κ1) is 30.0. The Morgan fingerprint density at radius 3 is 2.00 bits per heavy atom. The number of aliphatic hydroxyl groups excluding tert-OH is 1. The van der Waals surface area contributed by atoms with Gasteiger partial charge in [-0.05, 0) is 42.0 Å². The SMILES string of the molecule is COc1c(C)cc2c(c1OC)[C@@H](C)CC=C2[C@@H](C)CO.[C-]#[O+].[C-]#[O+].[C-]#[O+].[Cr]. The minimum atomic E-state index is 0. The summed E-state index contributed by atoms with van der Waals surface area (Å²) in [6.07, 6.45) is 3.22. The third-order valence-corrected chi connectivity index (χ3v) is 4.17. The van der Waals surface area contributed by atoms with E-state index < -0.39 is 0 Å².